The first-order chi connectivity index (χ1) is 11.6. The molecule has 1 aromatic rings. The Kier molecular flexibility index (Phi) is 6.75. The van der Waals surface area contributed by atoms with Crippen molar-refractivity contribution < 1.29 is 9.59 Å². The molecule has 1 aromatic carbocycles. The van der Waals surface area contributed by atoms with Gasteiger partial charge in [0.1, 0.15) is 0 Å². The van der Waals surface area contributed by atoms with Crippen molar-refractivity contribution in [1.82, 2.24) is 15.5 Å². The summed E-state index contributed by atoms with van der Waals surface area (Å²) in [6, 6.07) is 5.89. The summed E-state index contributed by atoms with van der Waals surface area (Å²) in [5.74, 6) is -0.0622. The van der Waals surface area contributed by atoms with E-state index in [-0.39, 0.29) is 17.9 Å². The average molecular weight is 332 g/mol. The highest BCUT2D eigenvalue weighted by molar-refractivity contribution is 5.94. The molecule has 0 aliphatic carbocycles. The second-order valence-corrected chi connectivity index (χ2v) is 6.06. The van der Waals surface area contributed by atoms with E-state index >= 15 is 0 Å². The lowest BCUT2D eigenvalue weighted by atomic mass is 10.0. The standard InChI is InChI=1S/C18H28N4O2/c1-4-13-7-6-8-14(5-2)17(13)21-16(23)12-22-10-9-20-15(11-22)18(24)19-3/h6-8,15,20H,4-5,9-12H2,1-3H3,(H,19,24)(H,21,23). The quantitative estimate of drug-likeness (QED) is 0.719. The maximum Gasteiger partial charge on any atom is 0.238 e. The van der Waals surface area contributed by atoms with Gasteiger partial charge in [0.25, 0.3) is 0 Å². The molecule has 1 unspecified atom stereocenters. The second kappa shape index (κ2) is 8.80. The maximum atomic E-state index is 12.5. The van der Waals surface area contributed by atoms with Gasteiger partial charge in [-0.05, 0) is 24.0 Å². The van der Waals surface area contributed by atoms with Crippen LogP contribution in [0.25, 0.3) is 0 Å². The first-order valence-corrected chi connectivity index (χ1v) is 8.66. The van der Waals surface area contributed by atoms with Crippen LogP contribution in [0.2, 0.25) is 0 Å². The molecule has 1 heterocycles. The van der Waals surface area contributed by atoms with Crippen molar-refractivity contribution in [2.75, 3.05) is 38.5 Å². The molecule has 1 saturated heterocycles. The second-order valence-electron chi connectivity index (χ2n) is 6.06. The van der Waals surface area contributed by atoms with Crippen LogP contribution >= 0.6 is 0 Å². The number of rotatable bonds is 6. The molecule has 2 amide bonds. The first kappa shape index (κ1) is 18.4. The van der Waals surface area contributed by atoms with Crippen LogP contribution in [0.4, 0.5) is 5.69 Å². The predicted molar refractivity (Wildman–Crippen MR) is 96.1 cm³/mol. The molecule has 0 radical (unpaired) electrons. The van der Waals surface area contributed by atoms with Gasteiger partial charge in [0.05, 0.1) is 12.6 Å². The zero-order chi connectivity index (χ0) is 17.5. The number of nitrogens with one attached hydrogen (secondary N) is 3. The van der Waals surface area contributed by atoms with Gasteiger partial charge in [0.2, 0.25) is 11.8 Å². The highest BCUT2D eigenvalue weighted by atomic mass is 16.2. The minimum Gasteiger partial charge on any atom is -0.358 e. The van der Waals surface area contributed by atoms with Crippen LogP contribution in [0.1, 0.15) is 25.0 Å². The summed E-state index contributed by atoms with van der Waals surface area (Å²) in [4.78, 5) is 26.3. The summed E-state index contributed by atoms with van der Waals surface area (Å²) in [5.41, 5.74) is 3.27. The number of nitrogens with zero attached hydrogens (tertiary/aromatic N) is 1. The van der Waals surface area contributed by atoms with E-state index in [4.69, 9.17) is 0 Å². The van der Waals surface area contributed by atoms with Crippen LogP contribution in [-0.4, -0.2) is 56.0 Å². The lowest BCUT2D eigenvalue weighted by Crippen LogP contribution is -2.57. The number of benzene rings is 1. The molecule has 6 nitrogen and oxygen atoms in total. The maximum absolute atomic E-state index is 12.5. The van der Waals surface area contributed by atoms with E-state index in [9.17, 15) is 9.59 Å². The number of carbonyl (C=O) groups excluding carboxylic acids is 2. The topological polar surface area (TPSA) is 73.5 Å². The normalized spacial score (nSPS) is 18.2. The molecule has 1 atom stereocenters. The Hall–Kier alpha value is -1.92. The van der Waals surface area contributed by atoms with Gasteiger partial charge in [-0.25, -0.2) is 0 Å². The van der Waals surface area contributed by atoms with Crippen molar-refractivity contribution >= 4 is 17.5 Å². The molecule has 132 valence electrons. The summed E-state index contributed by atoms with van der Waals surface area (Å²) in [6.07, 6.45) is 1.77. The number of aryl methyl sites for hydroxylation is 2. The van der Waals surface area contributed by atoms with Crippen LogP contribution in [0.5, 0.6) is 0 Å². The van der Waals surface area contributed by atoms with Crippen LogP contribution in [0.3, 0.4) is 0 Å². The number of piperazine rings is 1. The third-order valence-corrected chi connectivity index (χ3v) is 4.45. The number of hydrogen-bond acceptors (Lipinski definition) is 4. The Morgan fingerprint density at radius 1 is 1.25 bits per heavy atom. The van der Waals surface area contributed by atoms with E-state index in [2.05, 4.69) is 41.9 Å². The van der Waals surface area contributed by atoms with Gasteiger partial charge >= 0.3 is 0 Å². The van der Waals surface area contributed by atoms with Crippen molar-refractivity contribution in [3.8, 4) is 0 Å². The minimum absolute atomic E-state index is 0.0249. The number of amides is 2. The zero-order valence-corrected chi connectivity index (χ0v) is 14.8. The zero-order valence-electron chi connectivity index (χ0n) is 14.8. The highest BCUT2D eigenvalue weighted by Crippen LogP contribution is 2.22. The molecule has 1 fully saturated rings. The molecule has 0 spiro atoms. The lowest BCUT2D eigenvalue weighted by Gasteiger charge is -2.32. The molecule has 2 rings (SSSR count). The van der Waals surface area contributed by atoms with Crippen LogP contribution < -0.4 is 16.0 Å². The number of anilines is 1. The van der Waals surface area contributed by atoms with Crippen LogP contribution in [0, 0.1) is 0 Å². The van der Waals surface area contributed by atoms with Crippen LogP contribution in [-0.2, 0) is 22.4 Å². The first-order valence-electron chi connectivity index (χ1n) is 8.66. The van der Waals surface area contributed by atoms with E-state index in [0.717, 1.165) is 36.2 Å². The van der Waals surface area contributed by atoms with Gasteiger partial charge in [0.15, 0.2) is 0 Å². The van der Waals surface area contributed by atoms with E-state index < -0.39 is 0 Å². The number of hydrogen-bond donors (Lipinski definition) is 3. The Bertz CT molecular complexity index is 566. The monoisotopic (exact) mass is 332 g/mol. The summed E-state index contributed by atoms with van der Waals surface area (Å²) < 4.78 is 0. The molecule has 1 aliphatic heterocycles. The molecule has 3 N–H and O–H groups in total. The predicted octanol–water partition coefficient (Wildman–Crippen LogP) is 0.770. The van der Waals surface area contributed by atoms with E-state index in [1.54, 1.807) is 7.05 Å². The Balaban J connectivity index is 2.00. The van der Waals surface area contributed by atoms with E-state index in [0.29, 0.717) is 19.6 Å². The summed E-state index contributed by atoms with van der Waals surface area (Å²) in [5, 5.41) is 8.91. The molecule has 0 bridgehead atoms. The molecule has 0 saturated carbocycles. The number of likely N-dealkylation sites (N-methyl/N-ethyl adjacent to an activating group) is 1. The third-order valence-electron chi connectivity index (χ3n) is 4.45. The highest BCUT2D eigenvalue weighted by Gasteiger charge is 2.25. The molecule has 0 aromatic heterocycles. The minimum atomic E-state index is -0.259. The Labute approximate surface area is 144 Å². The fraction of sp³-hybridized carbons (Fsp3) is 0.556. The van der Waals surface area contributed by atoms with Crippen LogP contribution in [0.15, 0.2) is 18.2 Å². The Morgan fingerprint density at radius 2 is 1.92 bits per heavy atom. The molecule has 24 heavy (non-hydrogen) atoms. The summed E-state index contributed by atoms with van der Waals surface area (Å²) >= 11 is 0. The SMILES string of the molecule is CCc1cccc(CC)c1NC(=O)CN1CCNC(C(=O)NC)C1. The van der Waals surface area contributed by atoms with Crippen molar-refractivity contribution in [2.45, 2.75) is 32.7 Å². The van der Waals surface area contributed by atoms with E-state index in [1.165, 1.54) is 0 Å². The number of para-hydroxylation sites is 1. The molecule has 1 aliphatic rings. The van der Waals surface area contributed by atoms with Gasteiger partial charge in [-0.3, -0.25) is 14.5 Å². The van der Waals surface area contributed by atoms with E-state index in [1.807, 2.05) is 11.0 Å². The molecular weight excluding hydrogens is 304 g/mol. The smallest absolute Gasteiger partial charge is 0.238 e. The fourth-order valence-corrected chi connectivity index (χ4v) is 3.09. The van der Waals surface area contributed by atoms with Crippen molar-refractivity contribution in [1.29, 1.82) is 0 Å². The number of carbonyl (C=O) groups is 2. The Morgan fingerprint density at radius 3 is 2.50 bits per heavy atom. The van der Waals surface area contributed by atoms with Gasteiger partial charge in [-0.15, -0.1) is 0 Å². The fourth-order valence-electron chi connectivity index (χ4n) is 3.09. The van der Waals surface area contributed by atoms with Gasteiger partial charge in [-0.1, -0.05) is 32.0 Å². The van der Waals surface area contributed by atoms with Gasteiger partial charge < -0.3 is 16.0 Å². The average Bonchev–Trinajstić information content (AvgIpc) is 2.61. The third kappa shape index (κ3) is 4.55. The van der Waals surface area contributed by atoms with Crippen molar-refractivity contribution in [3.05, 3.63) is 29.3 Å². The molecule has 6 heteroatoms. The van der Waals surface area contributed by atoms with Crippen molar-refractivity contribution in [3.63, 3.8) is 0 Å². The lowest BCUT2D eigenvalue weighted by molar-refractivity contribution is -0.125. The largest absolute Gasteiger partial charge is 0.358 e. The summed E-state index contributed by atoms with van der Waals surface area (Å²) in [6.45, 7) is 6.50. The van der Waals surface area contributed by atoms with Gasteiger partial charge in [0, 0.05) is 32.4 Å². The summed E-state index contributed by atoms with van der Waals surface area (Å²) in [7, 11) is 1.63. The van der Waals surface area contributed by atoms with Gasteiger partial charge in [-0.2, -0.15) is 0 Å². The van der Waals surface area contributed by atoms with Crippen molar-refractivity contribution in [2.24, 2.45) is 0 Å². The molecular formula is C18H28N4O2.